The molecule has 2 fully saturated rings. The summed E-state index contributed by atoms with van der Waals surface area (Å²) in [4.78, 5) is 27.8. The van der Waals surface area contributed by atoms with Gasteiger partial charge in [0.2, 0.25) is 5.91 Å². The number of nitrogens with zero attached hydrogens (tertiary/aromatic N) is 1. The van der Waals surface area contributed by atoms with Crippen LogP contribution in [-0.4, -0.2) is 29.4 Å². The smallest absolute Gasteiger partial charge is 0.351 e. The zero-order valence-corrected chi connectivity index (χ0v) is 22.2. The number of likely N-dealkylation sites (tertiary alicyclic amines) is 1. The van der Waals surface area contributed by atoms with Crippen molar-refractivity contribution in [1.29, 1.82) is 0 Å². The summed E-state index contributed by atoms with van der Waals surface area (Å²) >= 11 is 0. The summed E-state index contributed by atoms with van der Waals surface area (Å²) in [6.45, 7) is 3.82. The number of rotatable bonds is 11. The molecule has 1 unspecified atom stereocenters. The van der Waals surface area contributed by atoms with Crippen LogP contribution < -0.4 is 16.4 Å². The lowest BCUT2D eigenvalue weighted by atomic mass is 9.95. The summed E-state index contributed by atoms with van der Waals surface area (Å²) in [6, 6.07) is 10.5. The summed E-state index contributed by atoms with van der Waals surface area (Å²) in [6.07, 6.45) is 1.94. The fourth-order valence-corrected chi connectivity index (χ4v) is 4.84. The monoisotopic (exact) mass is 558 g/mol. The Morgan fingerprint density at radius 1 is 1.15 bits per heavy atom. The van der Waals surface area contributed by atoms with Gasteiger partial charge in [0.15, 0.2) is 0 Å². The van der Waals surface area contributed by atoms with Crippen LogP contribution in [0.1, 0.15) is 62.1 Å². The van der Waals surface area contributed by atoms with Crippen molar-refractivity contribution in [1.82, 2.24) is 4.90 Å². The van der Waals surface area contributed by atoms with Gasteiger partial charge in [0, 0.05) is 25.2 Å². The highest BCUT2D eigenvalue weighted by Gasteiger charge is 2.32. The number of anilines is 2. The molecule has 2 aliphatic rings. The van der Waals surface area contributed by atoms with Gasteiger partial charge in [-0.05, 0) is 73.1 Å². The van der Waals surface area contributed by atoms with Gasteiger partial charge in [0.25, 0.3) is 5.91 Å². The second kappa shape index (κ2) is 12.7. The molecule has 0 bridgehead atoms. The largest absolute Gasteiger partial charge is 0.415 e. The number of alkyl halides is 3. The molecule has 1 saturated carbocycles. The Labute approximate surface area is 231 Å². The predicted octanol–water partition coefficient (Wildman–Crippen LogP) is 6.58. The van der Waals surface area contributed by atoms with E-state index >= 15 is 0 Å². The third kappa shape index (κ3) is 7.71. The van der Waals surface area contributed by atoms with Gasteiger partial charge >= 0.3 is 6.18 Å². The number of halogens is 4. The molecule has 0 radical (unpaired) electrons. The fourth-order valence-electron chi connectivity index (χ4n) is 4.84. The quantitative estimate of drug-likeness (QED) is 0.165. The van der Waals surface area contributed by atoms with E-state index < -0.39 is 29.2 Å². The topological polar surface area (TPSA) is 87.5 Å². The zero-order valence-electron chi connectivity index (χ0n) is 22.2. The Bertz CT molecular complexity index is 1290. The van der Waals surface area contributed by atoms with E-state index in [1.807, 2.05) is 4.90 Å². The van der Waals surface area contributed by atoms with Crippen LogP contribution in [0.3, 0.4) is 0 Å². The van der Waals surface area contributed by atoms with Crippen LogP contribution in [0.15, 0.2) is 66.4 Å². The van der Waals surface area contributed by atoms with Crippen molar-refractivity contribution in [2.45, 2.75) is 63.7 Å². The van der Waals surface area contributed by atoms with Gasteiger partial charge in [-0.2, -0.15) is 13.2 Å². The maximum atomic E-state index is 14.9. The lowest BCUT2D eigenvalue weighted by Gasteiger charge is -2.35. The molecule has 4 rings (SSSR count). The number of hydrogen-bond donors (Lipinski definition) is 3. The van der Waals surface area contributed by atoms with Gasteiger partial charge in [-0.1, -0.05) is 37.6 Å². The van der Waals surface area contributed by atoms with Crippen molar-refractivity contribution in [3.8, 4) is 0 Å². The van der Waals surface area contributed by atoms with E-state index in [1.165, 1.54) is 12.1 Å². The predicted molar refractivity (Wildman–Crippen MR) is 147 cm³/mol. The highest BCUT2D eigenvalue weighted by Crippen LogP contribution is 2.39. The minimum Gasteiger partial charge on any atom is -0.351 e. The molecule has 10 heteroatoms. The SMILES string of the molecule is C=C(/C=C(\Nc1cccc(CN)c1)C(=O)Nc1cc(C(CCC2CC2)N2CCCCC2=O)ccc1F)C(F)(F)F. The molecule has 1 aliphatic carbocycles. The van der Waals surface area contributed by atoms with Crippen LogP contribution in [-0.2, 0) is 16.1 Å². The van der Waals surface area contributed by atoms with Crippen LogP contribution in [0.25, 0.3) is 0 Å². The molecule has 1 heterocycles. The first-order valence-corrected chi connectivity index (χ1v) is 13.5. The molecule has 6 nitrogen and oxygen atoms in total. The lowest BCUT2D eigenvalue weighted by Crippen LogP contribution is -2.38. The van der Waals surface area contributed by atoms with E-state index in [-0.39, 0.29) is 24.2 Å². The van der Waals surface area contributed by atoms with Crippen molar-refractivity contribution >= 4 is 23.2 Å². The van der Waals surface area contributed by atoms with Gasteiger partial charge in [-0.3, -0.25) is 9.59 Å². The van der Waals surface area contributed by atoms with E-state index in [0.29, 0.717) is 48.2 Å². The first-order chi connectivity index (χ1) is 19.0. The Hall–Kier alpha value is -3.66. The fraction of sp³-hybridized carbons (Fsp3) is 0.400. The lowest BCUT2D eigenvalue weighted by molar-refractivity contribution is -0.136. The summed E-state index contributed by atoms with van der Waals surface area (Å²) in [5.74, 6) is -1.06. The second-order valence-electron chi connectivity index (χ2n) is 10.4. The molecule has 40 heavy (non-hydrogen) atoms. The van der Waals surface area contributed by atoms with E-state index in [2.05, 4.69) is 17.2 Å². The van der Waals surface area contributed by atoms with Crippen LogP contribution in [0, 0.1) is 11.7 Å². The third-order valence-corrected chi connectivity index (χ3v) is 7.27. The van der Waals surface area contributed by atoms with Gasteiger partial charge in [-0.25, -0.2) is 4.39 Å². The van der Waals surface area contributed by atoms with Gasteiger partial charge in [-0.15, -0.1) is 0 Å². The molecule has 4 N–H and O–H groups in total. The minimum atomic E-state index is -4.77. The Kier molecular flexibility index (Phi) is 9.29. The van der Waals surface area contributed by atoms with E-state index in [1.54, 1.807) is 30.3 Å². The first kappa shape index (κ1) is 29.3. The Morgan fingerprint density at radius 2 is 1.93 bits per heavy atom. The standard InChI is InChI=1S/C30H34F4N4O2/c1-19(30(32,33)34)15-26(36-23-6-4-5-21(16-23)18-35)29(40)37-25-17-22(11-12-24(25)31)27(13-10-20-8-9-20)38-14-3-2-7-28(38)39/h4-6,11-12,15-17,20,27,36H,1-3,7-10,13-14,18,35H2,(H,37,40)/b26-15-. The summed E-state index contributed by atoms with van der Waals surface area (Å²) in [5, 5.41) is 5.11. The average Bonchev–Trinajstić information content (AvgIpc) is 3.75. The molecule has 2 amide bonds. The maximum Gasteiger partial charge on any atom is 0.415 e. The van der Waals surface area contributed by atoms with Crippen LogP contribution >= 0.6 is 0 Å². The van der Waals surface area contributed by atoms with Crippen molar-refractivity contribution < 1.29 is 27.2 Å². The Morgan fingerprint density at radius 3 is 2.60 bits per heavy atom. The average molecular weight is 559 g/mol. The van der Waals surface area contributed by atoms with Gasteiger partial charge < -0.3 is 21.3 Å². The molecular weight excluding hydrogens is 524 g/mol. The van der Waals surface area contributed by atoms with Gasteiger partial charge in [0.1, 0.15) is 11.5 Å². The number of nitrogens with two attached hydrogens (primary N) is 1. The number of allylic oxidation sites excluding steroid dienone is 2. The molecular formula is C30H34F4N4O2. The number of hydrogen-bond acceptors (Lipinski definition) is 4. The van der Waals surface area contributed by atoms with Crippen molar-refractivity contribution in [2.24, 2.45) is 11.7 Å². The minimum absolute atomic E-state index is 0.0433. The van der Waals surface area contributed by atoms with Crippen molar-refractivity contribution in [3.63, 3.8) is 0 Å². The molecule has 2 aromatic rings. The molecule has 0 aromatic heterocycles. The van der Waals surface area contributed by atoms with E-state index in [0.717, 1.165) is 32.1 Å². The number of benzene rings is 2. The van der Waals surface area contributed by atoms with E-state index in [4.69, 9.17) is 5.73 Å². The molecule has 1 aliphatic heterocycles. The Balaban J connectivity index is 1.61. The summed E-state index contributed by atoms with van der Waals surface area (Å²) in [5.41, 5.74) is 5.44. The third-order valence-electron chi connectivity index (χ3n) is 7.27. The van der Waals surface area contributed by atoms with Crippen molar-refractivity contribution in [2.75, 3.05) is 17.2 Å². The van der Waals surface area contributed by atoms with Crippen LogP contribution in [0.4, 0.5) is 28.9 Å². The zero-order chi connectivity index (χ0) is 28.9. The number of carbonyl (C=O) groups excluding carboxylic acids is 2. The van der Waals surface area contributed by atoms with Crippen LogP contribution in [0.5, 0.6) is 0 Å². The maximum absolute atomic E-state index is 14.9. The summed E-state index contributed by atoms with van der Waals surface area (Å²) in [7, 11) is 0. The van der Waals surface area contributed by atoms with Crippen LogP contribution in [0.2, 0.25) is 0 Å². The normalized spacial score (nSPS) is 17.0. The molecule has 0 spiro atoms. The van der Waals surface area contributed by atoms with Gasteiger partial charge in [0.05, 0.1) is 17.3 Å². The molecule has 214 valence electrons. The van der Waals surface area contributed by atoms with E-state index in [9.17, 15) is 27.2 Å². The van der Waals surface area contributed by atoms with Crippen molar-refractivity contribution in [3.05, 3.63) is 83.3 Å². The number of carbonyl (C=O) groups is 2. The molecule has 1 atom stereocenters. The molecule has 1 saturated heterocycles. The number of nitrogens with one attached hydrogen (secondary N) is 2. The highest BCUT2D eigenvalue weighted by atomic mass is 19.4. The molecule has 2 aromatic carbocycles. The highest BCUT2D eigenvalue weighted by molar-refractivity contribution is 6.06. The second-order valence-corrected chi connectivity index (χ2v) is 10.4. The first-order valence-electron chi connectivity index (χ1n) is 13.5. The number of amides is 2. The number of piperidine rings is 1. The summed E-state index contributed by atoms with van der Waals surface area (Å²) < 4.78 is 54.8.